The number of halogens is 1. The Morgan fingerprint density at radius 2 is 2.35 bits per heavy atom. The fraction of sp³-hybridized carbons (Fsp3) is 0.176. The molecular weight excluding hydrogens is 373 g/mol. The molecule has 9 heteroatoms. The van der Waals surface area contributed by atoms with Gasteiger partial charge in [-0.05, 0) is 36.8 Å². The summed E-state index contributed by atoms with van der Waals surface area (Å²) in [5.74, 6) is 0.0177. The number of hydrogen-bond acceptors (Lipinski definition) is 5. The monoisotopic (exact) mass is 389 g/mol. The Kier molecular flexibility index (Phi) is 5.38. The van der Waals surface area contributed by atoms with E-state index in [2.05, 4.69) is 27.1 Å². The molecule has 0 saturated heterocycles. The molecule has 2 heterocycles. The molecule has 0 radical (unpaired) electrons. The van der Waals surface area contributed by atoms with Gasteiger partial charge in [0, 0.05) is 6.54 Å². The Morgan fingerprint density at radius 1 is 1.54 bits per heavy atom. The van der Waals surface area contributed by atoms with E-state index >= 15 is 0 Å². The van der Waals surface area contributed by atoms with Crippen LogP contribution in [0.25, 0.3) is 10.7 Å². The second-order valence-corrected chi connectivity index (χ2v) is 6.93. The van der Waals surface area contributed by atoms with E-state index in [0.29, 0.717) is 27.8 Å². The Bertz CT molecular complexity index is 1020. The molecule has 1 amide bonds. The SMILES string of the molecule is C=CCn1c(-c2sc(NC(=O)Cc3cccc(F)c3)nc2C)n[nH]c1=S. The maximum atomic E-state index is 13.2. The van der Waals surface area contributed by atoms with E-state index in [0.717, 1.165) is 10.6 Å². The molecule has 0 aliphatic rings. The van der Waals surface area contributed by atoms with Gasteiger partial charge in [0.05, 0.1) is 17.0 Å². The van der Waals surface area contributed by atoms with E-state index in [1.54, 1.807) is 22.8 Å². The van der Waals surface area contributed by atoms with Gasteiger partial charge >= 0.3 is 0 Å². The zero-order valence-corrected chi connectivity index (χ0v) is 15.6. The van der Waals surface area contributed by atoms with E-state index in [1.165, 1.54) is 23.5 Å². The van der Waals surface area contributed by atoms with Crippen molar-refractivity contribution in [2.75, 3.05) is 5.32 Å². The van der Waals surface area contributed by atoms with E-state index in [1.807, 2.05) is 6.92 Å². The maximum Gasteiger partial charge on any atom is 0.230 e. The Balaban J connectivity index is 1.79. The molecular formula is C17H16FN5OS2. The molecule has 6 nitrogen and oxygen atoms in total. The minimum Gasteiger partial charge on any atom is -0.302 e. The lowest BCUT2D eigenvalue weighted by atomic mass is 10.1. The number of benzene rings is 1. The summed E-state index contributed by atoms with van der Waals surface area (Å²) < 4.78 is 15.5. The lowest BCUT2D eigenvalue weighted by molar-refractivity contribution is -0.115. The first-order valence-corrected chi connectivity index (χ1v) is 8.98. The fourth-order valence-corrected chi connectivity index (χ4v) is 3.63. The Hall–Kier alpha value is -2.65. The minimum atomic E-state index is -0.368. The fourth-order valence-electron chi connectivity index (χ4n) is 2.44. The predicted molar refractivity (Wildman–Crippen MR) is 102 cm³/mol. The first-order valence-electron chi connectivity index (χ1n) is 7.76. The first kappa shape index (κ1) is 18.2. The average molecular weight is 389 g/mol. The van der Waals surface area contributed by atoms with E-state index in [9.17, 15) is 9.18 Å². The number of aromatic nitrogens is 4. The zero-order chi connectivity index (χ0) is 18.7. The number of anilines is 1. The van der Waals surface area contributed by atoms with Gasteiger partial charge < -0.3 is 5.32 Å². The van der Waals surface area contributed by atoms with Crippen LogP contribution in [0.1, 0.15) is 11.3 Å². The molecule has 0 bridgehead atoms. The first-order chi connectivity index (χ1) is 12.5. The van der Waals surface area contributed by atoms with Crippen LogP contribution in [-0.4, -0.2) is 25.7 Å². The number of carbonyl (C=O) groups is 1. The van der Waals surface area contributed by atoms with Crippen LogP contribution in [-0.2, 0) is 17.8 Å². The third-order valence-corrected chi connectivity index (χ3v) is 4.95. The largest absolute Gasteiger partial charge is 0.302 e. The molecule has 3 rings (SSSR count). The number of H-pyrrole nitrogens is 1. The smallest absolute Gasteiger partial charge is 0.230 e. The number of allylic oxidation sites excluding steroid dienone is 1. The highest BCUT2D eigenvalue weighted by Gasteiger charge is 2.17. The van der Waals surface area contributed by atoms with Crippen LogP contribution in [0.3, 0.4) is 0 Å². The number of amides is 1. The molecule has 2 N–H and O–H groups in total. The van der Waals surface area contributed by atoms with Crippen molar-refractivity contribution in [3.05, 3.63) is 58.8 Å². The molecule has 1 aromatic carbocycles. The standard InChI is InChI=1S/C17H16FN5OS2/c1-3-7-23-15(21-22-17(23)25)14-10(2)19-16(26-14)20-13(24)9-11-5-4-6-12(18)8-11/h3-6,8H,1,7,9H2,2H3,(H,22,25)(H,19,20,24). The molecule has 2 aromatic heterocycles. The third kappa shape index (κ3) is 3.94. The highest BCUT2D eigenvalue weighted by Crippen LogP contribution is 2.31. The molecule has 3 aromatic rings. The van der Waals surface area contributed by atoms with Crippen LogP contribution in [0, 0.1) is 17.5 Å². The highest BCUT2D eigenvalue weighted by atomic mass is 32.1. The number of nitrogens with zero attached hydrogens (tertiary/aromatic N) is 3. The van der Waals surface area contributed by atoms with Gasteiger partial charge in [-0.1, -0.05) is 29.5 Å². The van der Waals surface area contributed by atoms with Crippen LogP contribution >= 0.6 is 23.6 Å². The van der Waals surface area contributed by atoms with E-state index in [-0.39, 0.29) is 18.1 Å². The number of rotatable bonds is 6. The van der Waals surface area contributed by atoms with Crippen LogP contribution in [0.5, 0.6) is 0 Å². The van der Waals surface area contributed by atoms with Gasteiger partial charge in [0.15, 0.2) is 15.7 Å². The van der Waals surface area contributed by atoms with Gasteiger partial charge in [0.25, 0.3) is 0 Å². The van der Waals surface area contributed by atoms with Crippen LogP contribution < -0.4 is 5.32 Å². The summed E-state index contributed by atoms with van der Waals surface area (Å²) in [7, 11) is 0. The molecule has 0 aliphatic carbocycles. The molecule has 26 heavy (non-hydrogen) atoms. The van der Waals surface area contributed by atoms with Crippen LogP contribution in [0.15, 0.2) is 36.9 Å². The van der Waals surface area contributed by atoms with Gasteiger partial charge in [0.2, 0.25) is 5.91 Å². The molecule has 0 fully saturated rings. The normalized spacial score (nSPS) is 10.7. The van der Waals surface area contributed by atoms with Gasteiger partial charge in [-0.25, -0.2) is 9.37 Å². The molecule has 0 spiro atoms. The predicted octanol–water partition coefficient (Wildman–Crippen LogP) is 3.88. The van der Waals surface area contributed by atoms with Gasteiger partial charge in [0.1, 0.15) is 5.82 Å². The number of hydrogen-bond donors (Lipinski definition) is 2. The van der Waals surface area contributed by atoms with Crippen molar-refractivity contribution in [3.8, 4) is 10.7 Å². The van der Waals surface area contributed by atoms with Crippen molar-refractivity contribution in [2.24, 2.45) is 0 Å². The number of thiazole rings is 1. The molecule has 0 aliphatic heterocycles. The van der Waals surface area contributed by atoms with E-state index < -0.39 is 0 Å². The Morgan fingerprint density at radius 3 is 3.08 bits per heavy atom. The number of carbonyl (C=O) groups excluding carboxylic acids is 1. The van der Waals surface area contributed by atoms with Crippen molar-refractivity contribution in [1.82, 2.24) is 19.7 Å². The lowest BCUT2D eigenvalue weighted by Gasteiger charge is -2.02. The van der Waals surface area contributed by atoms with Crippen molar-refractivity contribution in [3.63, 3.8) is 0 Å². The number of aromatic amines is 1. The minimum absolute atomic E-state index is 0.0703. The average Bonchev–Trinajstić information content (AvgIpc) is 3.11. The summed E-state index contributed by atoms with van der Waals surface area (Å²) >= 11 is 6.53. The molecule has 0 unspecified atom stereocenters. The number of nitrogens with one attached hydrogen (secondary N) is 2. The summed E-state index contributed by atoms with van der Waals surface area (Å²) in [6, 6.07) is 5.96. The van der Waals surface area contributed by atoms with Crippen molar-refractivity contribution in [2.45, 2.75) is 19.9 Å². The summed E-state index contributed by atoms with van der Waals surface area (Å²) in [5.41, 5.74) is 1.33. The second-order valence-electron chi connectivity index (χ2n) is 5.54. The summed E-state index contributed by atoms with van der Waals surface area (Å²) in [4.78, 5) is 17.4. The van der Waals surface area contributed by atoms with Crippen LogP contribution in [0.4, 0.5) is 9.52 Å². The van der Waals surface area contributed by atoms with Crippen molar-refractivity contribution >= 4 is 34.6 Å². The van der Waals surface area contributed by atoms with Crippen molar-refractivity contribution < 1.29 is 9.18 Å². The summed E-state index contributed by atoms with van der Waals surface area (Å²) in [6.07, 6.45) is 1.80. The molecule has 134 valence electrons. The lowest BCUT2D eigenvalue weighted by Crippen LogP contribution is -2.14. The zero-order valence-electron chi connectivity index (χ0n) is 14.0. The quantitative estimate of drug-likeness (QED) is 0.496. The van der Waals surface area contributed by atoms with Crippen molar-refractivity contribution in [1.29, 1.82) is 0 Å². The third-order valence-electron chi connectivity index (χ3n) is 3.57. The number of aryl methyl sites for hydroxylation is 1. The van der Waals surface area contributed by atoms with Crippen LogP contribution in [0.2, 0.25) is 0 Å². The topological polar surface area (TPSA) is 75.6 Å². The highest BCUT2D eigenvalue weighted by molar-refractivity contribution is 7.71. The summed E-state index contributed by atoms with van der Waals surface area (Å²) in [5, 5.41) is 10.2. The second kappa shape index (κ2) is 7.71. The van der Waals surface area contributed by atoms with E-state index in [4.69, 9.17) is 12.2 Å². The van der Waals surface area contributed by atoms with Gasteiger partial charge in [-0.2, -0.15) is 5.10 Å². The molecule has 0 saturated carbocycles. The Labute approximate surface area is 158 Å². The maximum absolute atomic E-state index is 13.2. The molecule has 0 atom stereocenters. The van der Waals surface area contributed by atoms with Gasteiger partial charge in [-0.15, -0.1) is 6.58 Å². The van der Waals surface area contributed by atoms with Gasteiger partial charge in [-0.3, -0.25) is 14.5 Å². The summed E-state index contributed by atoms with van der Waals surface area (Å²) in [6.45, 7) is 6.07.